The van der Waals surface area contributed by atoms with Gasteiger partial charge in [0.05, 0.1) is 11.1 Å². The Hall–Kier alpha value is -1.01. The molecule has 0 saturated carbocycles. The Bertz CT molecular complexity index is 484. The molecule has 0 bridgehead atoms. The molecule has 0 aliphatic rings. The van der Waals surface area contributed by atoms with Crippen molar-refractivity contribution in [1.82, 2.24) is 19.7 Å². The third-order valence-corrected chi connectivity index (χ3v) is 3.58. The summed E-state index contributed by atoms with van der Waals surface area (Å²) in [7, 11) is 0. The third kappa shape index (κ3) is 2.63. The van der Waals surface area contributed by atoms with Crippen LogP contribution in [0.2, 0.25) is 0 Å². The highest BCUT2D eigenvalue weighted by Crippen LogP contribution is 2.28. The van der Waals surface area contributed by atoms with Gasteiger partial charge in [-0.2, -0.15) is 4.98 Å². The van der Waals surface area contributed by atoms with Crippen molar-refractivity contribution in [3.63, 3.8) is 0 Å². The van der Waals surface area contributed by atoms with Crippen molar-refractivity contribution in [3.05, 3.63) is 11.5 Å². The van der Waals surface area contributed by atoms with E-state index in [1.54, 1.807) is 0 Å². The normalized spacial score (nSPS) is 12.9. The Morgan fingerprint density at radius 3 is 2.94 bits per heavy atom. The van der Waals surface area contributed by atoms with E-state index in [1.165, 1.54) is 11.5 Å². The maximum Gasteiger partial charge on any atom is 0.271 e. The summed E-state index contributed by atoms with van der Waals surface area (Å²) in [5.41, 5.74) is 0.912. The molecule has 2 heterocycles. The van der Waals surface area contributed by atoms with Crippen molar-refractivity contribution >= 4 is 23.1 Å². The van der Waals surface area contributed by atoms with Crippen molar-refractivity contribution in [2.75, 3.05) is 0 Å². The molecule has 0 fully saturated rings. The fourth-order valence-electron chi connectivity index (χ4n) is 1.41. The molecule has 0 amide bonds. The fraction of sp³-hybridized carbons (Fsp3) is 0.600. The first-order valence-electron chi connectivity index (χ1n) is 5.55. The van der Waals surface area contributed by atoms with E-state index >= 15 is 0 Å². The molecule has 17 heavy (non-hydrogen) atoms. The predicted octanol–water partition coefficient (Wildman–Crippen LogP) is 3.23. The van der Waals surface area contributed by atoms with Crippen molar-refractivity contribution in [1.29, 1.82) is 0 Å². The van der Waals surface area contributed by atoms with Gasteiger partial charge in [-0.15, -0.1) is 16.7 Å². The highest BCUT2D eigenvalue weighted by molar-refractivity contribution is 7.09. The van der Waals surface area contributed by atoms with E-state index in [2.05, 4.69) is 26.7 Å². The van der Waals surface area contributed by atoms with E-state index in [4.69, 9.17) is 16.1 Å². The summed E-state index contributed by atoms with van der Waals surface area (Å²) in [5, 5.41) is 7.74. The van der Waals surface area contributed by atoms with Crippen LogP contribution in [0, 0.1) is 0 Å². The standard InChI is InChI=1S/C10H13ClN4OS/c1-3-5-7-8(17-15-13-7)10-12-9(14-16-10)6(11)4-2/h6H,3-5H2,1-2H3. The SMILES string of the molecule is CCCc1nnsc1-c1nc(C(Cl)CC)no1. The van der Waals surface area contributed by atoms with Gasteiger partial charge in [0.2, 0.25) is 0 Å². The number of aromatic nitrogens is 4. The molecule has 0 aromatic carbocycles. The Morgan fingerprint density at radius 1 is 1.41 bits per heavy atom. The predicted molar refractivity (Wildman–Crippen MR) is 66.1 cm³/mol. The molecule has 1 unspecified atom stereocenters. The average molecular weight is 273 g/mol. The molecule has 0 N–H and O–H groups in total. The molecule has 7 heteroatoms. The highest BCUT2D eigenvalue weighted by Gasteiger charge is 2.19. The van der Waals surface area contributed by atoms with Gasteiger partial charge in [0.1, 0.15) is 4.88 Å². The van der Waals surface area contributed by atoms with E-state index in [9.17, 15) is 0 Å². The zero-order valence-corrected chi connectivity index (χ0v) is 11.3. The Labute approximate surface area is 108 Å². The Balaban J connectivity index is 2.27. The van der Waals surface area contributed by atoms with Crippen LogP contribution in [0.5, 0.6) is 0 Å². The summed E-state index contributed by atoms with van der Waals surface area (Å²) in [6.45, 7) is 4.07. The van der Waals surface area contributed by atoms with Crippen LogP contribution in [0.4, 0.5) is 0 Å². The second-order valence-corrected chi connectivity index (χ2v) is 4.91. The zero-order chi connectivity index (χ0) is 12.3. The van der Waals surface area contributed by atoms with Gasteiger partial charge in [-0.1, -0.05) is 29.9 Å². The minimum absolute atomic E-state index is 0.206. The molecule has 1 atom stereocenters. The summed E-state index contributed by atoms with van der Waals surface area (Å²) in [6.07, 6.45) is 2.64. The molecule has 0 radical (unpaired) electrons. The van der Waals surface area contributed by atoms with Gasteiger partial charge in [-0.3, -0.25) is 0 Å². The highest BCUT2D eigenvalue weighted by atomic mass is 35.5. The lowest BCUT2D eigenvalue weighted by Gasteiger charge is -1.96. The molecule has 0 spiro atoms. The first-order valence-corrected chi connectivity index (χ1v) is 6.76. The second-order valence-electron chi connectivity index (χ2n) is 3.63. The summed E-state index contributed by atoms with van der Waals surface area (Å²) >= 11 is 7.33. The van der Waals surface area contributed by atoms with Crippen molar-refractivity contribution < 1.29 is 4.52 Å². The lowest BCUT2D eigenvalue weighted by Crippen LogP contribution is -1.91. The molecular weight excluding hydrogens is 260 g/mol. The van der Waals surface area contributed by atoms with E-state index in [-0.39, 0.29) is 5.38 Å². The first-order chi connectivity index (χ1) is 8.26. The molecular formula is C10H13ClN4OS. The van der Waals surface area contributed by atoms with Crippen LogP contribution >= 0.6 is 23.1 Å². The van der Waals surface area contributed by atoms with Crippen LogP contribution in [0.15, 0.2) is 4.52 Å². The maximum atomic E-state index is 6.05. The largest absolute Gasteiger partial charge is 0.333 e. The third-order valence-electron chi connectivity index (χ3n) is 2.32. The summed E-state index contributed by atoms with van der Waals surface area (Å²) in [5.74, 6) is 0.998. The average Bonchev–Trinajstić information content (AvgIpc) is 2.96. The summed E-state index contributed by atoms with van der Waals surface area (Å²) in [6, 6.07) is 0. The number of hydrogen-bond acceptors (Lipinski definition) is 6. The van der Waals surface area contributed by atoms with E-state index < -0.39 is 0 Å². The summed E-state index contributed by atoms with van der Waals surface area (Å²) in [4.78, 5) is 5.14. The Morgan fingerprint density at radius 2 is 2.24 bits per heavy atom. The topological polar surface area (TPSA) is 64.7 Å². The first kappa shape index (κ1) is 12.4. The van der Waals surface area contributed by atoms with Crippen LogP contribution in [0.1, 0.15) is 43.6 Å². The van der Waals surface area contributed by atoms with Crippen LogP contribution in [-0.2, 0) is 6.42 Å². The van der Waals surface area contributed by atoms with Gasteiger partial charge in [0, 0.05) is 0 Å². The van der Waals surface area contributed by atoms with Crippen LogP contribution in [-0.4, -0.2) is 19.7 Å². The minimum Gasteiger partial charge on any atom is -0.333 e. The van der Waals surface area contributed by atoms with Crippen molar-refractivity contribution in [3.8, 4) is 10.8 Å². The molecule has 0 aliphatic carbocycles. The molecule has 5 nitrogen and oxygen atoms in total. The van der Waals surface area contributed by atoms with E-state index in [0.29, 0.717) is 11.7 Å². The molecule has 92 valence electrons. The van der Waals surface area contributed by atoms with Gasteiger partial charge in [-0.25, -0.2) is 0 Å². The lowest BCUT2D eigenvalue weighted by molar-refractivity contribution is 0.421. The number of rotatable bonds is 5. The molecule has 2 aromatic rings. The van der Waals surface area contributed by atoms with E-state index in [0.717, 1.165) is 29.8 Å². The molecule has 2 rings (SSSR count). The van der Waals surface area contributed by atoms with Gasteiger partial charge in [0.25, 0.3) is 5.89 Å². The number of hydrogen-bond donors (Lipinski definition) is 0. The van der Waals surface area contributed by atoms with Gasteiger partial charge in [0.15, 0.2) is 5.82 Å². The maximum absolute atomic E-state index is 6.05. The number of alkyl halides is 1. The quantitative estimate of drug-likeness (QED) is 0.782. The van der Waals surface area contributed by atoms with Gasteiger partial charge in [-0.05, 0) is 24.4 Å². The summed E-state index contributed by atoms with van der Waals surface area (Å²) < 4.78 is 9.13. The van der Waals surface area contributed by atoms with Crippen LogP contribution in [0.3, 0.4) is 0 Å². The molecule has 2 aromatic heterocycles. The zero-order valence-electron chi connectivity index (χ0n) is 9.68. The smallest absolute Gasteiger partial charge is 0.271 e. The second kappa shape index (κ2) is 5.55. The van der Waals surface area contributed by atoms with Gasteiger partial charge >= 0.3 is 0 Å². The van der Waals surface area contributed by atoms with E-state index in [1.807, 2.05) is 6.92 Å². The number of aryl methyl sites for hydroxylation is 1. The molecule has 0 aliphatic heterocycles. The Kier molecular flexibility index (Phi) is 4.06. The van der Waals surface area contributed by atoms with Crippen molar-refractivity contribution in [2.24, 2.45) is 0 Å². The molecule has 0 saturated heterocycles. The van der Waals surface area contributed by atoms with Crippen molar-refractivity contribution in [2.45, 2.75) is 38.5 Å². The van der Waals surface area contributed by atoms with Gasteiger partial charge < -0.3 is 4.52 Å². The minimum atomic E-state index is -0.206. The van der Waals surface area contributed by atoms with Crippen LogP contribution in [0.25, 0.3) is 10.8 Å². The fourth-order valence-corrected chi connectivity index (χ4v) is 2.13. The monoisotopic (exact) mass is 272 g/mol. The number of nitrogens with zero attached hydrogens (tertiary/aromatic N) is 4. The van der Waals surface area contributed by atoms with Crippen LogP contribution < -0.4 is 0 Å². The lowest BCUT2D eigenvalue weighted by atomic mass is 10.2. The number of halogens is 1.